The molecule has 2 aromatic heterocycles. The molecule has 0 radical (unpaired) electrons. The third-order valence-electron chi connectivity index (χ3n) is 5.73. The second-order valence-corrected chi connectivity index (χ2v) is 9.24. The minimum Gasteiger partial charge on any atom is -0.495 e. The minimum absolute atomic E-state index is 0.0463. The quantitative estimate of drug-likeness (QED) is 0.528. The van der Waals surface area contributed by atoms with Gasteiger partial charge in [-0.05, 0) is 44.4 Å². The summed E-state index contributed by atoms with van der Waals surface area (Å²) >= 11 is 1.25. The van der Waals surface area contributed by atoms with Crippen molar-refractivity contribution in [3.63, 3.8) is 0 Å². The van der Waals surface area contributed by atoms with E-state index in [-0.39, 0.29) is 29.8 Å². The van der Waals surface area contributed by atoms with Crippen LogP contribution in [0.15, 0.2) is 29.3 Å². The highest BCUT2D eigenvalue weighted by Crippen LogP contribution is 2.29. The summed E-state index contributed by atoms with van der Waals surface area (Å²) in [4.78, 5) is 48.8. The number of anilines is 2. The number of methoxy groups -OCH3 is 1. The number of amides is 2. The molecule has 1 unspecified atom stereocenters. The zero-order valence-corrected chi connectivity index (χ0v) is 20.3. The van der Waals surface area contributed by atoms with E-state index >= 15 is 0 Å². The largest absolute Gasteiger partial charge is 0.495 e. The number of carbonyl (C=O) groups excluding carboxylic acids is 2. The van der Waals surface area contributed by atoms with Crippen LogP contribution in [0.25, 0.3) is 10.3 Å². The lowest BCUT2D eigenvalue weighted by Gasteiger charge is -2.31. The number of nitrogens with zero attached hydrogens (tertiary/aromatic N) is 4. The number of hydrogen-bond acceptors (Lipinski definition) is 8. The van der Waals surface area contributed by atoms with Crippen LogP contribution in [0.1, 0.15) is 25.3 Å². The average Bonchev–Trinajstić information content (AvgIpc) is 3.27. The first-order valence-electron chi connectivity index (χ1n) is 11.2. The van der Waals surface area contributed by atoms with Gasteiger partial charge in [0.1, 0.15) is 23.3 Å². The molecular weight excluding hydrogens is 456 g/mol. The van der Waals surface area contributed by atoms with E-state index < -0.39 is 0 Å². The SMILES string of the molecule is CCNC(=O)C1CCCN(c2nc3ncn(CC(=O)Nc4cc(C)ccc4OC)c(=O)c3s2)C1. The monoisotopic (exact) mass is 484 g/mol. The van der Waals surface area contributed by atoms with Gasteiger partial charge in [-0.15, -0.1) is 0 Å². The Bertz CT molecular complexity index is 1270. The molecule has 1 fully saturated rings. The summed E-state index contributed by atoms with van der Waals surface area (Å²) in [7, 11) is 1.53. The maximum absolute atomic E-state index is 13.1. The zero-order valence-electron chi connectivity index (χ0n) is 19.5. The van der Waals surface area contributed by atoms with Gasteiger partial charge in [0.05, 0.1) is 18.7 Å². The van der Waals surface area contributed by atoms with Crippen molar-refractivity contribution in [3.05, 3.63) is 40.4 Å². The van der Waals surface area contributed by atoms with Crippen molar-refractivity contribution in [2.45, 2.75) is 33.2 Å². The highest BCUT2D eigenvalue weighted by Gasteiger charge is 2.27. The van der Waals surface area contributed by atoms with Gasteiger partial charge < -0.3 is 20.3 Å². The van der Waals surface area contributed by atoms with Gasteiger partial charge in [-0.2, -0.15) is 4.98 Å². The number of nitrogens with one attached hydrogen (secondary N) is 2. The fraction of sp³-hybridized carbons (Fsp3) is 0.435. The van der Waals surface area contributed by atoms with Gasteiger partial charge in [0, 0.05) is 19.6 Å². The average molecular weight is 485 g/mol. The zero-order chi connectivity index (χ0) is 24.2. The lowest BCUT2D eigenvalue weighted by molar-refractivity contribution is -0.125. The van der Waals surface area contributed by atoms with E-state index in [2.05, 4.69) is 20.6 Å². The van der Waals surface area contributed by atoms with Crippen LogP contribution in [0, 0.1) is 12.8 Å². The maximum atomic E-state index is 13.1. The third-order valence-corrected chi connectivity index (χ3v) is 6.82. The first-order valence-corrected chi connectivity index (χ1v) is 12.0. The number of hydrogen-bond donors (Lipinski definition) is 2. The molecule has 10 nitrogen and oxygen atoms in total. The molecule has 0 bridgehead atoms. The van der Waals surface area contributed by atoms with Crippen LogP contribution >= 0.6 is 11.3 Å². The Kier molecular flexibility index (Phi) is 7.11. The van der Waals surface area contributed by atoms with Gasteiger partial charge in [-0.3, -0.25) is 19.0 Å². The molecule has 0 saturated carbocycles. The summed E-state index contributed by atoms with van der Waals surface area (Å²) in [5, 5.41) is 6.35. The van der Waals surface area contributed by atoms with Crippen molar-refractivity contribution < 1.29 is 14.3 Å². The van der Waals surface area contributed by atoms with Crippen molar-refractivity contribution in [1.82, 2.24) is 19.9 Å². The highest BCUT2D eigenvalue weighted by atomic mass is 32.1. The summed E-state index contributed by atoms with van der Waals surface area (Å²) in [6.07, 6.45) is 3.05. The third kappa shape index (κ3) is 5.04. The van der Waals surface area contributed by atoms with Gasteiger partial charge >= 0.3 is 0 Å². The van der Waals surface area contributed by atoms with Crippen LogP contribution in [-0.2, 0) is 16.1 Å². The van der Waals surface area contributed by atoms with E-state index in [4.69, 9.17) is 4.74 Å². The Hall–Kier alpha value is -3.47. The summed E-state index contributed by atoms with van der Waals surface area (Å²) < 4.78 is 6.96. The molecule has 3 heterocycles. The number of ether oxygens (including phenoxy) is 1. The number of thiazole rings is 1. The second kappa shape index (κ2) is 10.2. The number of rotatable bonds is 7. The number of benzene rings is 1. The molecule has 2 amide bonds. The summed E-state index contributed by atoms with van der Waals surface area (Å²) in [5.41, 5.74) is 1.54. The van der Waals surface area contributed by atoms with Crippen LogP contribution in [0.2, 0.25) is 0 Å². The van der Waals surface area contributed by atoms with Crippen LogP contribution < -0.4 is 25.8 Å². The van der Waals surface area contributed by atoms with Crippen LogP contribution in [0.4, 0.5) is 10.8 Å². The highest BCUT2D eigenvalue weighted by molar-refractivity contribution is 7.22. The lowest BCUT2D eigenvalue weighted by atomic mass is 9.97. The van der Waals surface area contributed by atoms with Gasteiger partial charge in [0.25, 0.3) is 5.56 Å². The van der Waals surface area contributed by atoms with E-state index in [1.54, 1.807) is 6.07 Å². The smallest absolute Gasteiger partial charge is 0.273 e. The molecule has 1 atom stereocenters. The molecule has 0 spiro atoms. The Labute approximate surface area is 201 Å². The maximum Gasteiger partial charge on any atom is 0.273 e. The molecule has 34 heavy (non-hydrogen) atoms. The van der Waals surface area contributed by atoms with E-state index in [1.807, 2.05) is 30.9 Å². The fourth-order valence-electron chi connectivity index (χ4n) is 4.03. The van der Waals surface area contributed by atoms with E-state index in [0.717, 1.165) is 24.9 Å². The van der Waals surface area contributed by atoms with Crippen molar-refractivity contribution in [1.29, 1.82) is 0 Å². The van der Waals surface area contributed by atoms with Gasteiger partial charge in [0.2, 0.25) is 11.8 Å². The van der Waals surface area contributed by atoms with Crippen molar-refractivity contribution >= 4 is 44.3 Å². The fourth-order valence-corrected chi connectivity index (χ4v) is 5.03. The lowest BCUT2D eigenvalue weighted by Crippen LogP contribution is -2.43. The minimum atomic E-state index is -0.363. The summed E-state index contributed by atoms with van der Waals surface area (Å²) in [5.74, 6) is 0.120. The van der Waals surface area contributed by atoms with E-state index in [1.165, 1.54) is 29.3 Å². The predicted octanol–water partition coefficient (Wildman–Crippen LogP) is 2.16. The topological polar surface area (TPSA) is 118 Å². The molecule has 1 saturated heterocycles. The molecular formula is C23H28N6O4S. The number of aryl methyl sites for hydroxylation is 1. The van der Waals surface area contributed by atoms with Gasteiger partial charge in [-0.25, -0.2) is 4.98 Å². The molecule has 11 heteroatoms. The van der Waals surface area contributed by atoms with Crippen LogP contribution in [-0.4, -0.2) is 53.1 Å². The van der Waals surface area contributed by atoms with Gasteiger partial charge in [-0.1, -0.05) is 17.4 Å². The first kappa shape index (κ1) is 23.7. The predicted molar refractivity (Wildman–Crippen MR) is 132 cm³/mol. The second-order valence-electron chi connectivity index (χ2n) is 8.26. The van der Waals surface area contributed by atoms with E-state index in [9.17, 15) is 14.4 Å². The summed E-state index contributed by atoms with van der Waals surface area (Å²) in [6, 6.07) is 5.47. The number of carbonyl (C=O) groups is 2. The number of piperidine rings is 1. The van der Waals surface area contributed by atoms with E-state index in [0.29, 0.717) is 40.0 Å². The Balaban J connectivity index is 1.51. The summed E-state index contributed by atoms with van der Waals surface area (Å²) in [6.45, 7) is 5.56. The molecule has 3 aromatic rings. The standard InChI is InChI=1S/C23H28N6O4S/c1-4-24-21(31)15-6-5-9-28(11-15)23-27-20-19(34-23)22(32)29(13-25-20)12-18(30)26-16-10-14(2)7-8-17(16)33-3/h7-8,10,13,15H,4-6,9,11-12H2,1-3H3,(H,24,31)(H,26,30). The van der Waals surface area contributed by atoms with Crippen molar-refractivity contribution in [3.8, 4) is 5.75 Å². The van der Waals surface area contributed by atoms with Crippen LogP contribution in [0.5, 0.6) is 5.75 Å². The molecule has 1 aromatic carbocycles. The molecule has 1 aliphatic rings. The molecule has 4 rings (SSSR count). The van der Waals surface area contributed by atoms with Gasteiger partial charge in [0.15, 0.2) is 10.8 Å². The number of fused-ring (bicyclic) bond motifs is 1. The molecule has 2 N–H and O–H groups in total. The van der Waals surface area contributed by atoms with Crippen molar-refractivity contribution in [2.24, 2.45) is 5.92 Å². The molecule has 180 valence electrons. The Morgan fingerprint density at radius 3 is 2.91 bits per heavy atom. The van der Waals surface area contributed by atoms with Crippen molar-refractivity contribution in [2.75, 3.05) is 37.0 Å². The normalized spacial score (nSPS) is 15.9. The Morgan fingerprint density at radius 2 is 2.15 bits per heavy atom. The number of aromatic nitrogens is 3. The Morgan fingerprint density at radius 1 is 1.32 bits per heavy atom. The molecule has 0 aliphatic carbocycles. The van der Waals surface area contributed by atoms with Crippen LogP contribution in [0.3, 0.4) is 0 Å². The first-order chi connectivity index (χ1) is 16.4. The molecule has 1 aliphatic heterocycles.